The van der Waals surface area contributed by atoms with Crippen molar-refractivity contribution in [2.45, 2.75) is 18.2 Å². The van der Waals surface area contributed by atoms with E-state index in [-0.39, 0.29) is 17.1 Å². The van der Waals surface area contributed by atoms with E-state index in [9.17, 15) is 13.6 Å². The first-order valence-electron chi connectivity index (χ1n) is 4.58. The van der Waals surface area contributed by atoms with Crippen LogP contribution >= 0.6 is 15.9 Å². The highest BCUT2D eigenvalue weighted by molar-refractivity contribution is 9.09. The fourth-order valence-electron chi connectivity index (χ4n) is 1.32. The predicted molar refractivity (Wildman–Crippen MR) is 60.3 cm³/mol. The number of hydrogen-bond donors (Lipinski definition) is 0. The summed E-state index contributed by atoms with van der Waals surface area (Å²) in [7, 11) is 1.33. The van der Waals surface area contributed by atoms with Crippen molar-refractivity contribution in [1.29, 1.82) is 0 Å². The molecule has 0 aliphatic carbocycles. The van der Waals surface area contributed by atoms with E-state index in [1.54, 1.807) is 6.07 Å². The van der Waals surface area contributed by atoms with Gasteiger partial charge in [0, 0.05) is 0 Å². The highest BCUT2D eigenvalue weighted by Gasteiger charge is 2.19. The molecule has 1 unspecified atom stereocenters. The maximum Gasteiger partial charge on any atom is 0.267 e. The number of rotatable bonds is 4. The van der Waals surface area contributed by atoms with Crippen LogP contribution in [0.1, 0.15) is 29.3 Å². The minimum Gasteiger partial charge on any atom is -0.496 e. The van der Waals surface area contributed by atoms with Gasteiger partial charge in [0.15, 0.2) is 0 Å². The van der Waals surface area contributed by atoms with Crippen LogP contribution in [0.5, 0.6) is 5.75 Å². The fraction of sp³-hybridized carbons (Fsp3) is 0.364. The Morgan fingerprint density at radius 3 is 2.50 bits per heavy atom. The minimum absolute atomic E-state index is 0.127. The Kier molecular flexibility index (Phi) is 4.41. The summed E-state index contributed by atoms with van der Waals surface area (Å²) in [6, 6.07) is 4.31. The van der Waals surface area contributed by atoms with Gasteiger partial charge in [0.05, 0.1) is 17.5 Å². The lowest BCUT2D eigenvalue weighted by Gasteiger charge is -2.12. The Morgan fingerprint density at radius 1 is 1.44 bits per heavy atom. The van der Waals surface area contributed by atoms with Crippen molar-refractivity contribution in [3.63, 3.8) is 0 Å². The Bertz CT molecular complexity index is 394. The van der Waals surface area contributed by atoms with Gasteiger partial charge in [-0.1, -0.05) is 22.0 Å². The Hall–Kier alpha value is -0.970. The van der Waals surface area contributed by atoms with E-state index in [2.05, 4.69) is 15.9 Å². The van der Waals surface area contributed by atoms with E-state index in [0.717, 1.165) is 0 Å². The second kappa shape index (κ2) is 5.39. The van der Waals surface area contributed by atoms with E-state index >= 15 is 0 Å². The zero-order valence-corrected chi connectivity index (χ0v) is 10.4. The largest absolute Gasteiger partial charge is 0.496 e. The minimum atomic E-state index is -2.62. The van der Waals surface area contributed by atoms with E-state index in [0.29, 0.717) is 5.56 Å². The average molecular weight is 293 g/mol. The van der Waals surface area contributed by atoms with E-state index in [1.165, 1.54) is 26.2 Å². The third-order valence-corrected chi connectivity index (χ3v) is 3.31. The van der Waals surface area contributed by atoms with Crippen LogP contribution in [-0.4, -0.2) is 12.9 Å². The molecular weight excluding hydrogens is 282 g/mol. The highest BCUT2D eigenvalue weighted by Crippen LogP contribution is 2.33. The van der Waals surface area contributed by atoms with Gasteiger partial charge in [-0.15, -0.1) is 0 Å². The summed E-state index contributed by atoms with van der Waals surface area (Å²) in [5, 5.41) is 0. The average Bonchev–Trinajstić information content (AvgIpc) is 2.26. The summed E-state index contributed by atoms with van der Waals surface area (Å²) in [6.45, 7) is 1.39. The lowest BCUT2D eigenvalue weighted by molar-refractivity contribution is -0.116. The quantitative estimate of drug-likeness (QED) is 0.792. The lowest BCUT2D eigenvalue weighted by Crippen LogP contribution is -2.02. The van der Waals surface area contributed by atoms with Gasteiger partial charge in [0.1, 0.15) is 11.5 Å². The SMILES string of the molecule is COc1ccc(C(Br)C(C)=O)cc1C(F)F. The molecule has 0 fully saturated rings. The van der Waals surface area contributed by atoms with E-state index in [4.69, 9.17) is 4.74 Å². The molecule has 0 aliphatic heterocycles. The maximum atomic E-state index is 12.7. The van der Waals surface area contributed by atoms with Crippen molar-refractivity contribution < 1.29 is 18.3 Å². The van der Waals surface area contributed by atoms with Gasteiger partial charge in [0.2, 0.25) is 0 Å². The van der Waals surface area contributed by atoms with E-state index < -0.39 is 11.3 Å². The van der Waals surface area contributed by atoms with Crippen molar-refractivity contribution in [2.75, 3.05) is 7.11 Å². The Labute approximate surface area is 101 Å². The molecule has 1 atom stereocenters. The molecule has 1 aromatic rings. The number of methoxy groups -OCH3 is 1. The third-order valence-electron chi connectivity index (χ3n) is 2.14. The number of ketones is 1. The summed E-state index contributed by atoms with van der Waals surface area (Å²) in [5.74, 6) is -0.00705. The molecular formula is C11H11BrF2O2. The zero-order chi connectivity index (χ0) is 12.3. The summed E-state index contributed by atoms with van der Waals surface area (Å²) in [4.78, 5) is 10.6. The van der Waals surface area contributed by atoms with Gasteiger partial charge in [-0.25, -0.2) is 8.78 Å². The molecule has 0 saturated carbocycles. The predicted octanol–water partition coefficient (Wildman–Crippen LogP) is 3.66. The van der Waals surface area contributed by atoms with E-state index in [1.807, 2.05) is 0 Å². The third kappa shape index (κ3) is 2.78. The van der Waals surface area contributed by atoms with Crippen LogP contribution in [0.2, 0.25) is 0 Å². The molecule has 0 heterocycles. The standard InChI is InChI=1S/C11H11BrF2O2/c1-6(15)10(12)7-3-4-9(16-2)8(5-7)11(13)14/h3-5,10-11H,1-2H3. The van der Waals surface area contributed by atoms with Crippen LogP contribution < -0.4 is 4.74 Å². The first-order valence-corrected chi connectivity index (χ1v) is 5.49. The van der Waals surface area contributed by atoms with Gasteiger partial charge in [-0.2, -0.15) is 0 Å². The van der Waals surface area contributed by atoms with Crippen LogP contribution in [0, 0.1) is 0 Å². The summed E-state index contributed by atoms with van der Waals surface area (Å²) in [5.41, 5.74) is 0.300. The van der Waals surface area contributed by atoms with Crippen LogP contribution in [-0.2, 0) is 4.79 Å². The van der Waals surface area contributed by atoms with Crippen LogP contribution in [0.3, 0.4) is 0 Å². The second-order valence-corrected chi connectivity index (χ2v) is 4.19. The molecule has 2 nitrogen and oxygen atoms in total. The maximum absolute atomic E-state index is 12.7. The van der Waals surface area contributed by atoms with Gasteiger partial charge >= 0.3 is 0 Å². The van der Waals surface area contributed by atoms with Gasteiger partial charge in [0.25, 0.3) is 6.43 Å². The van der Waals surface area contributed by atoms with Crippen LogP contribution in [0.4, 0.5) is 8.78 Å². The molecule has 16 heavy (non-hydrogen) atoms. The molecule has 0 amide bonds. The number of benzene rings is 1. The molecule has 0 spiro atoms. The van der Waals surface area contributed by atoms with Crippen LogP contribution in [0.15, 0.2) is 18.2 Å². The molecule has 0 aliphatic rings. The summed E-state index contributed by atoms with van der Waals surface area (Å²) >= 11 is 3.14. The molecule has 1 aromatic carbocycles. The topological polar surface area (TPSA) is 26.3 Å². The van der Waals surface area contributed by atoms with Gasteiger partial charge in [-0.3, -0.25) is 4.79 Å². The smallest absolute Gasteiger partial charge is 0.267 e. The zero-order valence-electron chi connectivity index (χ0n) is 8.84. The molecule has 1 rings (SSSR count). The van der Waals surface area contributed by atoms with Crippen molar-refractivity contribution in [3.05, 3.63) is 29.3 Å². The molecule has 88 valence electrons. The molecule has 0 bridgehead atoms. The van der Waals surface area contributed by atoms with Crippen molar-refractivity contribution >= 4 is 21.7 Å². The van der Waals surface area contributed by atoms with Crippen molar-refractivity contribution in [2.24, 2.45) is 0 Å². The van der Waals surface area contributed by atoms with Crippen molar-refractivity contribution in [1.82, 2.24) is 0 Å². The molecule has 0 radical (unpaired) electrons. The molecule has 0 saturated heterocycles. The van der Waals surface area contributed by atoms with Crippen molar-refractivity contribution in [3.8, 4) is 5.75 Å². The number of carbonyl (C=O) groups excluding carboxylic acids is 1. The second-order valence-electron chi connectivity index (χ2n) is 3.28. The number of ether oxygens (including phenoxy) is 1. The first-order chi connectivity index (χ1) is 7.47. The molecule has 0 N–H and O–H groups in total. The summed E-state index contributed by atoms with van der Waals surface area (Å²) in [6.07, 6.45) is -2.62. The fourth-order valence-corrected chi connectivity index (χ4v) is 1.60. The highest BCUT2D eigenvalue weighted by atomic mass is 79.9. The Balaban J connectivity index is 3.16. The number of hydrogen-bond acceptors (Lipinski definition) is 2. The summed E-state index contributed by atoms with van der Waals surface area (Å²) < 4.78 is 30.2. The monoisotopic (exact) mass is 292 g/mol. The van der Waals surface area contributed by atoms with Gasteiger partial charge < -0.3 is 4.74 Å². The van der Waals surface area contributed by atoms with Gasteiger partial charge in [-0.05, 0) is 24.6 Å². The number of carbonyl (C=O) groups is 1. The number of alkyl halides is 3. The molecule has 0 aromatic heterocycles. The lowest BCUT2D eigenvalue weighted by atomic mass is 10.1. The number of halogens is 3. The number of Topliss-reactive ketones (excluding diaryl/α,β-unsaturated/α-hetero) is 1. The molecule has 5 heteroatoms. The van der Waals surface area contributed by atoms with Crippen LogP contribution in [0.25, 0.3) is 0 Å². The normalized spacial score (nSPS) is 12.6. The first kappa shape index (κ1) is 13.1. The Morgan fingerprint density at radius 2 is 2.06 bits per heavy atom.